The number of amides is 2. The number of hydrogen-bond acceptors (Lipinski definition) is 5. The molecule has 1 aromatic carbocycles. The normalized spacial score (nSPS) is 10.3. The first-order valence-electron chi connectivity index (χ1n) is 7.84. The molecule has 0 saturated heterocycles. The van der Waals surface area contributed by atoms with E-state index in [4.69, 9.17) is 0 Å². The molecule has 0 fully saturated rings. The van der Waals surface area contributed by atoms with Crippen molar-refractivity contribution in [3.63, 3.8) is 0 Å². The fourth-order valence-electron chi connectivity index (χ4n) is 2.24. The van der Waals surface area contributed by atoms with Crippen LogP contribution < -0.4 is 5.32 Å². The number of nitro groups is 1. The third kappa shape index (κ3) is 5.39. The van der Waals surface area contributed by atoms with Gasteiger partial charge in [-0.15, -0.1) is 11.3 Å². The molecule has 0 spiro atoms. The van der Waals surface area contributed by atoms with E-state index in [0.29, 0.717) is 18.7 Å². The highest BCUT2D eigenvalue weighted by Gasteiger charge is 2.14. The van der Waals surface area contributed by atoms with Crippen molar-refractivity contribution in [3.05, 3.63) is 62.3 Å². The molecular weight excluding hydrogens is 342 g/mol. The number of non-ortho nitro benzene ring substituents is 1. The van der Waals surface area contributed by atoms with Crippen LogP contribution in [-0.4, -0.2) is 34.7 Å². The predicted molar refractivity (Wildman–Crippen MR) is 95.5 cm³/mol. The van der Waals surface area contributed by atoms with Crippen LogP contribution in [0.4, 0.5) is 5.69 Å². The van der Waals surface area contributed by atoms with Gasteiger partial charge in [0.15, 0.2) is 0 Å². The maximum Gasteiger partial charge on any atom is 0.269 e. The van der Waals surface area contributed by atoms with Gasteiger partial charge in [0.1, 0.15) is 0 Å². The number of thiophene rings is 1. The standard InChI is InChI=1S/C17H19N3O4S/c1-2-19(12-15-4-3-11-25-15)16(21)9-10-18-17(22)13-5-7-14(8-6-13)20(23)24/h3-8,11H,2,9-10,12H2,1H3,(H,18,22). The second-order valence-electron chi connectivity index (χ2n) is 5.30. The second-order valence-corrected chi connectivity index (χ2v) is 6.33. The summed E-state index contributed by atoms with van der Waals surface area (Å²) in [6, 6.07) is 9.27. The number of nitro benzene ring substituents is 1. The number of carbonyl (C=O) groups excluding carboxylic acids is 2. The SMILES string of the molecule is CCN(Cc1cccs1)C(=O)CCNC(=O)c1ccc([N+](=O)[O-])cc1. The van der Waals surface area contributed by atoms with Gasteiger partial charge in [-0.05, 0) is 30.5 Å². The minimum atomic E-state index is -0.521. The molecule has 2 aromatic rings. The van der Waals surface area contributed by atoms with Crippen LogP contribution in [0, 0.1) is 10.1 Å². The van der Waals surface area contributed by atoms with Gasteiger partial charge in [0, 0.05) is 42.1 Å². The van der Waals surface area contributed by atoms with E-state index in [0.717, 1.165) is 4.88 Å². The zero-order valence-corrected chi connectivity index (χ0v) is 14.6. The molecule has 0 saturated carbocycles. The molecule has 0 aliphatic heterocycles. The molecule has 0 aliphatic carbocycles. The number of rotatable bonds is 8. The lowest BCUT2D eigenvalue weighted by atomic mass is 10.2. The molecule has 1 N–H and O–H groups in total. The van der Waals surface area contributed by atoms with Gasteiger partial charge >= 0.3 is 0 Å². The Morgan fingerprint density at radius 3 is 2.52 bits per heavy atom. The molecule has 1 heterocycles. The van der Waals surface area contributed by atoms with Gasteiger partial charge in [-0.1, -0.05) is 6.07 Å². The van der Waals surface area contributed by atoms with Crippen LogP contribution in [0.2, 0.25) is 0 Å². The maximum atomic E-state index is 12.2. The minimum absolute atomic E-state index is 0.0279. The molecule has 0 unspecified atom stereocenters. The van der Waals surface area contributed by atoms with Crippen LogP contribution in [0.1, 0.15) is 28.6 Å². The van der Waals surface area contributed by atoms with Crippen molar-refractivity contribution in [2.75, 3.05) is 13.1 Å². The minimum Gasteiger partial charge on any atom is -0.352 e. The first kappa shape index (κ1) is 18.6. The number of nitrogens with one attached hydrogen (secondary N) is 1. The van der Waals surface area contributed by atoms with Crippen molar-refractivity contribution in [2.24, 2.45) is 0 Å². The van der Waals surface area contributed by atoms with E-state index in [1.165, 1.54) is 24.3 Å². The number of nitrogens with zero attached hydrogens (tertiary/aromatic N) is 2. The summed E-state index contributed by atoms with van der Waals surface area (Å²) in [4.78, 5) is 37.2. The van der Waals surface area contributed by atoms with Crippen molar-refractivity contribution in [1.29, 1.82) is 0 Å². The lowest BCUT2D eigenvalue weighted by molar-refractivity contribution is -0.384. The zero-order chi connectivity index (χ0) is 18.2. The summed E-state index contributed by atoms with van der Waals surface area (Å²) in [6.45, 7) is 3.31. The first-order chi connectivity index (χ1) is 12.0. The van der Waals surface area contributed by atoms with Gasteiger partial charge < -0.3 is 10.2 Å². The highest BCUT2D eigenvalue weighted by atomic mass is 32.1. The molecule has 8 heteroatoms. The van der Waals surface area contributed by atoms with E-state index in [1.807, 2.05) is 24.4 Å². The predicted octanol–water partition coefficient (Wildman–Crippen LogP) is 2.82. The van der Waals surface area contributed by atoms with Crippen LogP contribution in [0.15, 0.2) is 41.8 Å². The van der Waals surface area contributed by atoms with E-state index >= 15 is 0 Å². The highest BCUT2D eigenvalue weighted by molar-refractivity contribution is 7.09. The quantitative estimate of drug-likeness (QED) is 0.578. The number of benzene rings is 1. The Hall–Kier alpha value is -2.74. The van der Waals surface area contributed by atoms with E-state index in [9.17, 15) is 19.7 Å². The lowest BCUT2D eigenvalue weighted by Gasteiger charge is -2.20. The Kier molecular flexibility index (Phi) is 6.64. The number of carbonyl (C=O) groups is 2. The Balaban J connectivity index is 1.81. The van der Waals surface area contributed by atoms with E-state index in [1.54, 1.807) is 16.2 Å². The van der Waals surface area contributed by atoms with Gasteiger partial charge in [-0.3, -0.25) is 19.7 Å². The molecule has 1 aromatic heterocycles. The van der Waals surface area contributed by atoms with Crippen LogP contribution in [0.5, 0.6) is 0 Å². The Morgan fingerprint density at radius 1 is 1.24 bits per heavy atom. The topological polar surface area (TPSA) is 92.6 Å². The largest absolute Gasteiger partial charge is 0.352 e. The van der Waals surface area contributed by atoms with Crippen molar-refractivity contribution in [2.45, 2.75) is 19.9 Å². The molecule has 0 radical (unpaired) electrons. The molecule has 0 aliphatic rings. The Labute approximate surface area is 149 Å². The Bertz CT molecular complexity index is 729. The van der Waals surface area contributed by atoms with E-state index < -0.39 is 4.92 Å². The van der Waals surface area contributed by atoms with Gasteiger partial charge in [0.25, 0.3) is 11.6 Å². The average Bonchev–Trinajstić information content (AvgIpc) is 3.12. The fourth-order valence-corrected chi connectivity index (χ4v) is 2.96. The van der Waals surface area contributed by atoms with Crippen molar-refractivity contribution >= 4 is 28.8 Å². The molecule has 25 heavy (non-hydrogen) atoms. The molecule has 7 nitrogen and oxygen atoms in total. The van der Waals surface area contributed by atoms with Crippen molar-refractivity contribution in [3.8, 4) is 0 Å². The van der Waals surface area contributed by atoms with Gasteiger partial charge in [-0.2, -0.15) is 0 Å². The maximum absolute atomic E-state index is 12.2. The van der Waals surface area contributed by atoms with Gasteiger partial charge in [-0.25, -0.2) is 0 Å². The highest BCUT2D eigenvalue weighted by Crippen LogP contribution is 2.13. The van der Waals surface area contributed by atoms with E-state index in [-0.39, 0.29) is 30.5 Å². The van der Waals surface area contributed by atoms with Crippen molar-refractivity contribution < 1.29 is 14.5 Å². The lowest BCUT2D eigenvalue weighted by Crippen LogP contribution is -2.34. The number of hydrogen-bond donors (Lipinski definition) is 1. The third-order valence-corrected chi connectivity index (χ3v) is 4.49. The van der Waals surface area contributed by atoms with Crippen LogP contribution in [-0.2, 0) is 11.3 Å². The molecule has 2 amide bonds. The second kappa shape index (κ2) is 8.93. The zero-order valence-electron chi connectivity index (χ0n) is 13.8. The third-order valence-electron chi connectivity index (χ3n) is 3.63. The van der Waals surface area contributed by atoms with Crippen LogP contribution >= 0.6 is 11.3 Å². The average molecular weight is 361 g/mol. The summed E-state index contributed by atoms with van der Waals surface area (Å²) in [5, 5.41) is 15.2. The van der Waals surface area contributed by atoms with Gasteiger partial charge in [0.05, 0.1) is 11.5 Å². The summed E-state index contributed by atoms with van der Waals surface area (Å²) in [7, 11) is 0. The Morgan fingerprint density at radius 2 is 1.96 bits per heavy atom. The summed E-state index contributed by atoms with van der Waals surface area (Å²) in [5.74, 6) is -0.385. The monoisotopic (exact) mass is 361 g/mol. The summed E-state index contributed by atoms with van der Waals surface area (Å²) < 4.78 is 0. The smallest absolute Gasteiger partial charge is 0.269 e. The summed E-state index contributed by atoms with van der Waals surface area (Å²) >= 11 is 1.60. The molecule has 132 valence electrons. The van der Waals surface area contributed by atoms with E-state index in [2.05, 4.69) is 5.32 Å². The molecule has 0 atom stereocenters. The molecule has 0 bridgehead atoms. The van der Waals surface area contributed by atoms with Crippen molar-refractivity contribution in [1.82, 2.24) is 10.2 Å². The fraction of sp³-hybridized carbons (Fsp3) is 0.294. The van der Waals surface area contributed by atoms with Crippen LogP contribution in [0.3, 0.4) is 0 Å². The van der Waals surface area contributed by atoms with Crippen LogP contribution in [0.25, 0.3) is 0 Å². The molecular formula is C17H19N3O4S. The summed E-state index contributed by atoms with van der Waals surface area (Å²) in [5.41, 5.74) is 0.253. The first-order valence-corrected chi connectivity index (χ1v) is 8.72. The van der Waals surface area contributed by atoms with Gasteiger partial charge in [0.2, 0.25) is 5.91 Å². The summed E-state index contributed by atoms with van der Waals surface area (Å²) in [6.07, 6.45) is 0.206. The molecule has 2 rings (SSSR count).